The van der Waals surface area contributed by atoms with E-state index in [-0.39, 0.29) is 6.04 Å². The number of hydrogen-bond donors (Lipinski definition) is 1. The highest BCUT2D eigenvalue weighted by atomic mass is 16.5. The molecule has 0 spiro atoms. The van der Waals surface area contributed by atoms with E-state index in [4.69, 9.17) is 4.74 Å². The molecular formula is C17H22N2O. The highest BCUT2D eigenvalue weighted by Gasteiger charge is 2.17. The third-order valence-corrected chi connectivity index (χ3v) is 3.42. The summed E-state index contributed by atoms with van der Waals surface area (Å²) in [6.45, 7) is 2.20. The number of aromatic nitrogens is 1. The monoisotopic (exact) mass is 270 g/mol. The summed E-state index contributed by atoms with van der Waals surface area (Å²) in [5, 5.41) is 3.36. The average molecular weight is 270 g/mol. The number of rotatable bonds is 6. The van der Waals surface area contributed by atoms with Crippen LogP contribution in [0.25, 0.3) is 0 Å². The molecule has 1 heterocycles. The van der Waals surface area contributed by atoms with E-state index in [9.17, 15) is 0 Å². The third-order valence-electron chi connectivity index (χ3n) is 3.42. The Hall–Kier alpha value is -1.87. The number of ether oxygens (including phenoxy) is 1. The molecule has 1 unspecified atom stereocenters. The second kappa shape index (κ2) is 7.06. The summed E-state index contributed by atoms with van der Waals surface area (Å²) in [7, 11) is 3.62. The van der Waals surface area contributed by atoms with E-state index in [0.717, 1.165) is 18.4 Å². The topological polar surface area (TPSA) is 34.2 Å². The number of nitrogens with zero attached hydrogens (tertiary/aromatic N) is 1. The van der Waals surface area contributed by atoms with Crippen LogP contribution in [0.15, 0.2) is 42.6 Å². The van der Waals surface area contributed by atoms with Gasteiger partial charge < -0.3 is 10.1 Å². The van der Waals surface area contributed by atoms with Crippen LogP contribution in [-0.2, 0) is 6.42 Å². The first-order valence-corrected chi connectivity index (χ1v) is 7.05. The maximum Gasteiger partial charge on any atom is 0.218 e. The molecule has 1 aromatic carbocycles. The second-order valence-corrected chi connectivity index (χ2v) is 4.82. The number of methoxy groups -OCH3 is 1. The van der Waals surface area contributed by atoms with Crippen molar-refractivity contribution in [2.75, 3.05) is 14.2 Å². The molecule has 0 aliphatic heterocycles. The molecule has 3 heteroatoms. The molecule has 0 saturated carbocycles. The van der Waals surface area contributed by atoms with Gasteiger partial charge in [-0.05, 0) is 30.7 Å². The molecular weight excluding hydrogens is 248 g/mol. The molecule has 0 radical (unpaired) electrons. The minimum absolute atomic E-state index is 0.0930. The van der Waals surface area contributed by atoms with Gasteiger partial charge in [0.25, 0.3) is 0 Å². The van der Waals surface area contributed by atoms with Gasteiger partial charge in [-0.2, -0.15) is 0 Å². The van der Waals surface area contributed by atoms with Crippen molar-refractivity contribution in [2.24, 2.45) is 0 Å². The Kier molecular flexibility index (Phi) is 5.13. The first-order valence-electron chi connectivity index (χ1n) is 7.05. The van der Waals surface area contributed by atoms with Gasteiger partial charge in [-0.25, -0.2) is 4.98 Å². The Bertz CT molecular complexity index is 554. The first-order chi connectivity index (χ1) is 9.80. The smallest absolute Gasteiger partial charge is 0.218 e. The number of aryl methyl sites for hydroxylation is 1. The Balaban J connectivity index is 2.39. The van der Waals surface area contributed by atoms with Crippen molar-refractivity contribution in [3.8, 4) is 5.88 Å². The van der Waals surface area contributed by atoms with Crippen molar-refractivity contribution in [1.82, 2.24) is 10.3 Å². The Labute approximate surface area is 121 Å². The number of benzene rings is 1. The van der Waals surface area contributed by atoms with Gasteiger partial charge in [-0.3, -0.25) is 0 Å². The zero-order valence-corrected chi connectivity index (χ0v) is 12.4. The van der Waals surface area contributed by atoms with E-state index in [1.165, 1.54) is 11.1 Å². The van der Waals surface area contributed by atoms with Crippen molar-refractivity contribution in [3.05, 3.63) is 59.3 Å². The minimum Gasteiger partial charge on any atom is -0.481 e. The highest BCUT2D eigenvalue weighted by Crippen LogP contribution is 2.28. The predicted octanol–water partition coefficient (Wildman–Crippen LogP) is 3.35. The van der Waals surface area contributed by atoms with Gasteiger partial charge >= 0.3 is 0 Å². The van der Waals surface area contributed by atoms with E-state index < -0.39 is 0 Å². The summed E-state index contributed by atoms with van der Waals surface area (Å²) >= 11 is 0. The molecule has 0 aliphatic carbocycles. The SMILES string of the molecule is CCCc1cccc(C(NC)c2cccnc2OC)c1. The third kappa shape index (κ3) is 3.17. The zero-order valence-electron chi connectivity index (χ0n) is 12.4. The molecule has 3 nitrogen and oxygen atoms in total. The molecule has 1 N–H and O–H groups in total. The molecule has 0 fully saturated rings. The Morgan fingerprint density at radius 1 is 1.25 bits per heavy atom. The standard InChI is InChI=1S/C17H22N2O/c1-4-7-13-8-5-9-14(12-13)16(18-2)15-10-6-11-19-17(15)20-3/h5-6,8-12,16,18H,4,7H2,1-3H3. The van der Waals surface area contributed by atoms with Gasteiger partial charge in [-0.1, -0.05) is 43.7 Å². The van der Waals surface area contributed by atoms with E-state index in [0.29, 0.717) is 5.88 Å². The van der Waals surface area contributed by atoms with Gasteiger partial charge in [-0.15, -0.1) is 0 Å². The van der Waals surface area contributed by atoms with Crippen LogP contribution >= 0.6 is 0 Å². The summed E-state index contributed by atoms with van der Waals surface area (Å²) in [4.78, 5) is 4.29. The molecule has 0 aliphatic rings. The number of pyridine rings is 1. The molecule has 2 aromatic rings. The minimum atomic E-state index is 0.0930. The normalized spacial score (nSPS) is 12.2. The summed E-state index contributed by atoms with van der Waals surface area (Å²) in [6, 6.07) is 12.8. The zero-order chi connectivity index (χ0) is 14.4. The molecule has 1 atom stereocenters. The van der Waals surface area contributed by atoms with Crippen molar-refractivity contribution < 1.29 is 4.74 Å². The molecule has 106 valence electrons. The fourth-order valence-electron chi connectivity index (χ4n) is 2.51. The van der Waals surface area contributed by atoms with Crippen molar-refractivity contribution >= 4 is 0 Å². The fraction of sp³-hybridized carbons (Fsp3) is 0.353. The summed E-state index contributed by atoms with van der Waals surface area (Å²) in [6.07, 6.45) is 4.01. The molecule has 20 heavy (non-hydrogen) atoms. The first kappa shape index (κ1) is 14.5. The van der Waals surface area contributed by atoms with Gasteiger partial charge in [0.15, 0.2) is 0 Å². The number of nitrogens with one attached hydrogen (secondary N) is 1. The maximum atomic E-state index is 5.38. The molecule has 0 saturated heterocycles. The average Bonchev–Trinajstić information content (AvgIpc) is 2.49. The van der Waals surface area contributed by atoms with Gasteiger partial charge in [0.1, 0.15) is 0 Å². The summed E-state index contributed by atoms with van der Waals surface area (Å²) < 4.78 is 5.38. The van der Waals surface area contributed by atoms with Gasteiger partial charge in [0, 0.05) is 11.8 Å². The van der Waals surface area contributed by atoms with Crippen LogP contribution < -0.4 is 10.1 Å². The summed E-state index contributed by atoms with van der Waals surface area (Å²) in [5.41, 5.74) is 3.67. The van der Waals surface area contributed by atoms with Crippen molar-refractivity contribution in [2.45, 2.75) is 25.8 Å². The molecule has 0 bridgehead atoms. The van der Waals surface area contributed by atoms with Crippen molar-refractivity contribution in [1.29, 1.82) is 0 Å². The second-order valence-electron chi connectivity index (χ2n) is 4.82. The van der Waals surface area contributed by atoms with Crippen LogP contribution in [0.1, 0.15) is 36.1 Å². The lowest BCUT2D eigenvalue weighted by molar-refractivity contribution is 0.388. The van der Waals surface area contributed by atoms with E-state index in [1.54, 1.807) is 13.3 Å². The Morgan fingerprint density at radius 2 is 2.10 bits per heavy atom. The van der Waals surface area contributed by atoms with Crippen LogP contribution in [0.5, 0.6) is 5.88 Å². The molecule has 2 rings (SSSR count). The summed E-state index contributed by atoms with van der Waals surface area (Å²) in [5.74, 6) is 0.674. The van der Waals surface area contributed by atoms with Crippen LogP contribution in [0.4, 0.5) is 0 Å². The Morgan fingerprint density at radius 3 is 2.80 bits per heavy atom. The predicted molar refractivity (Wildman–Crippen MR) is 82.1 cm³/mol. The van der Waals surface area contributed by atoms with E-state index in [2.05, 4.69) is 47.6 Å². The molecule has 1 aromatic heterocycles. The van der Waals surface area contributed by atoms with E-state index >= 15 is 0 Å². The van der Waals surface area contributed by atoms with Gasteiger partial charge in [0.05, 0.1) is 13.2 Å². The quantitative estimate of drug-likeness (QED) is 0.874. The van der Waals surface area contributed by atoms with Crippen LogP contribution in [0.2, 0.25) is 0 Å². The molecule has 0 amide bonds. The number of hydrogen-bond acceptors (Lipinski definition) is 3. The lowest BCUT2D eigenvalue weighted by atomic mass is 9.97. The van der Waals surface area contributed by atoms with Crippen LogP contribution in [-0.4, -0.2) is 19.1 Å². The van der Waals surface area contributed by atoms with E-state index in [1.807, 2.05) is 13.1 Å². The fourth-order valence-corrected chi connectivity index (χ4v) is 2.51. The van der Waals surface area contributed by atoms with Crippen LogP contribution in [0.3, 0.4) is 0 Å². The highest BCUT2D eigenvalue weighted by molar-refractivity contribution is 5.38. The largest absolute Gasteiger partial charge is 0.481 e. The lowest BCUT2D eigenvalue weighted by Gasteiger charge is -2.19. The maximum absolute atomic E-state index is 5.38. The van der Waals surface area contributed by atoms with Crippen LogP contribution in [0, 0.1) is 0 Å². The van der Waals surface area contributed by atoms with Crippen molar-refractivity contribution in [3.63, 3.8) is 0 Å². The lowest BCUT2D eigenvalue weighted by Crippen LogP contribution is -2.19. The van der Waals surface area contributed by atoms with Gasteiger partial charge in [0.2, 0.25) is 5.88 Å².